The molecule has 16 heteroatoms. The summed E-state index contributed by atoms with van der Waals surface area (Å²) in [5.41, 5.74) is 1.45. The summed E-state index contributed by atoms with van der Waals surface area (Å²) in [7, 11) is -2.46. The van der Waals surface area contributed by atoms with E-state index in [4.69, 9.17) is 4.74 Å². The molecule has 2 aromatic carbocycles. The zero-order valence-corrected chi connectivity index (χ0v) is 21.5. The summed E-state index contributed by atoms with van der Waals surface area (Å²) in [6, 6.07) is 6.22. The molecule has 1 N–H and O–H groups in total. The number of nitrogens with zero attached hydrogens (tertiary/aromatic N) is 4. The Hall–Kier alpha value is -3.69. The van der Waals surface area contributed by atoms with Crippen molar-refractivity contribution in [3.8, 4) is 5.75 Å². The molecule has 0 atom stereocenters. The van der Waals surface area contributed by atoms with E-state index < -0.39 is 58.4 Å². The highest BCUT2D eigenvalue weighted by atomic mass is 32.2. The third-order valence-corrected chi connectivity index (χ3v) is 5.54. The van der Waals surface area contributed by atoms with Crippen molar-refractivity contribution in [1.29, 1.82) is 0 Å². The predicted molar refractivity (Wildman–Crippen MR) is 130 cm³/mol. The van der Waals surface area contributed by atoms with Crippen molar-refractivity contribution >= 4 is 43.7 Å². The Morgan fingerprint density at radius 1 is 1.05 bits per heavy atom. The van der Waals surface area contributed by atoms with Crippen LogP contribution in [0.1, 0.15) is 5.56 Å². The van der Waals surface area contributed by atoms with Gasteiger partial charge < -0.3 is 15.0 Å². The van der Waals surface area contributed by atoms with Gasteiger partial charge in [0.2, 0.25) is 0 Å². The van der Waals surface area contributed by atoms with Crippen molar-refractivity contribution in [2.24, 2.45) is 4.36 Å². The normalized spacial score (nSPS) is 12.4. The van der Waals surface area contributed by atoms with Gasteiger partial charge >= 0.3 is 12.4 Å². The number of fused-ring (bicyclic) bond motifs is 1. The molecule has 8 nitrogen and oxygen atoms in total. The Labute approximate surface area is 218 Å². The minimum Gasteiger partial charge on any atom is -0.481 e. The van der Waals surface area contributed by atoms with Crippen LogP contribution in [0.25, 0.3) is 10.9 Å². The summed E-state index contributed by atoms with van der Waals surface area (Å²) < 4.78 is 112. The first-order chi connectivity index (χ1) is 17.9. The van der Waals surface area contributed by atoms with Gasteiger partial charge in [0.15, 0.2) is 6.61 Å². The number of carbonyl (C=O) groups is 1. The van der Waals surface area contributed by atoms with Crippen molar-refractivity contribution in [3.63, 3.8) is 0 Å². The van der Waals surface area contributed by atoms with Crippen molar-refractivity contribution < 1.29 is 44.5 Å². The fourth-order valence-electron chi connectivity index (χ4n) is 3.52. The van der Waals surface area contributed by atoms with Crippen LogP contribution < -0.4 is 10.1 Å². The number of amides is 1. The molecule has 0 spiro atoms. The summed E-state index contributed by atoms with van der Waals surface area (Å²) in [6.45, 7) is -3.81. The van der Waals surface area contributed by atoms with Crippen molar-refractivity contribution in [3.05, 3.63) is 48.0 Å². The van der Waals surface area contributed by atoms with Crippen LogP contribution in [0.15, 0.2) is 41.0 Å². The fourth-order valence-corrected chi connectivity index (χ4v) is 4.13. The molecule has 39 heavy (non-hydrogen) atoms. The lowest BCUT2D eigenvalue weighted by Crippen LogP contribution is -2.46. The van der Waals surface area contributed by atoms with E-state index in [0.29, 0.717) is 22.2 Å². The molecule has 0 unspecified atom stereocenters. The molecular weight excluding hydrogens is 559 g/mol. The van der Waals surface area contributed by atoms with Gasteiger partial charge in [0.25, 0.3) is 5.91 Å². The minimum atomic E-state index is -5.09. The second-order valence-corrected chi connectivity index (χ2v) is 11.2. The maximum Gasteiger partial charge on any atom is 0.406 e. The molecule has 0 radical (unpaired) electrons. The van der Waals surface area contributed by atoms with Gasteiger partial charge in [0.1, 0.15) is 36.8 Å². The Morgan fingerprint density at radius 3 is 2.28 bits per heavy atom. The lowest BCUT2D eigenvalue weighted by Gasteiger charge is -2.25. The number of carbonyl (C=O) groups excluding carboxylic acids is 1. The standard InChI is InChI=1S/C23H22F7N5O3S/c1-13-6-15(34-39(2,3)37)8-17-20(13)21(32-12-31-17)33-16-5-4-14(24)7-18(16)38-9-19(36)35(10-22(25,26)27)11-23(28,29)30/h4-8,12H,9-11H2,1-3H3,(H,31,32,33). The van der Waals surface area contributed by atoms with Gasteiger partial charge in [-0.2, -0.15) is 30.7 Å². The van der Waals surface area contributed by atoms with Gasteiger partial charge in [-0.05, 0) is 36.8 Å². The molecule has 3 rings (SSSR count). The van der Waals surface area contributed by atoms with E-state index in [1.165, 1.54) is 24.9 Å². The van der Waals surface area contributed by atoms with Gasteiger partial charge in [-0.25, -0.2) is 18.6 Å². The zero-order valence-electron chi connectivity index (χ0n) is 20.7. The van der Waals surface area contributed by atoms with Crippen molar-refractivity contribution in [1.82, 2.24) is 14.9 Å². The molecule has 0 aliphatic rings. The molecule has 1 amide bonds. The van der Waals surface area contributed by atoms with Gasteiger partial charge in [-0.3, -0.25) is 4.79 Å². The molecule has 3 aromatic rings. The van der Waals surface area contributed by atoms with Crippen molar-refractivity contribution in [2.75, 3.05) is 37.5 Å². The van der Waals surface area contributed by atoms with Crippen molar-refractivity contribution in [2.45, 2.75) is 19.3 Å². The first-order valence-electron chi connectivity index (χ1n) is 10.9. The lowest BCUT2D eigenvalue weighted by molar-refractivity contribution is -0.188. The van der Waals surface area contributed by atoms with Gasteiger partial charge in [0, 0.05) is 33.7 Å². The van der Waals surface area contributed by atoms with Crippen LogP contribution in [0.4, 0.5) is 47.9 Å². The first kappa shape index (κ1) is 29.9. The molecule has 1 aromatic heterocycles. The molecule has 0 aliphatic heterocycles. The Bertz CT molecular complexity index is 1480. The van der Waals surface area contributed by atoms with E-state index in [2.05, 4.69) is 19.6 Å². The quantitative estimate of drug-likeness (QED) is 0.353. The van der Waals surface area contributed by atoms with Crippen LogP contribution in [-0.4, -0.2) is 69.5 Å². The molecular formula is C23H22F7N5O3S. The monoisotopic (exact) mass is 581 g/mol. The molecule has 1 heterocycles. The number of anilines is 2. The first-order valence-corrected chi connectivity index (χ1v) is 13.3. The average Bonchev–Trinajstić information content (AvgIpc) is 2.75. The average molecular weight is 582 g/mol. The largest absolute Gasteiger partial charge is 0.481 e. The van der Waals surface area contributed by atoms with Crippen LogP contribution in [0.5, 0.6) is 5.75 Å². The van der Waals surface area contributed by atoms with Crippen LogP contribution in [0.3, 0.4) is 0 Å². The van der Waals surface area contributed by atoms with E-state index in [0.717, 1.165) is 12.1 Å². The number of aryl methyl sites for hydroxylation is 1. The number of nitrogens with one attached hydrogen (secondary N) is 1. The number of rotatable bonds is 8. The third kappa shape index (κ3) is 8.94. The molecule has 0 saturated carbocycles. The second kappa shape index (κ2) is 11.2. The Kier molecular flexibility index (Phi) is 8.57. The fraction of sp³-hybridized carbons (Fsp3) is 0.348. The third-order valence-electron chi connectivity index (χ3n) is 4.89. The highest BCUT2D eigenvalue weighted by Gasteiger charge is 2.39. The van der Waals surface area contributed by atoms with Gasteiger partial charge in [-0.1, -0.05) is 0 Å². The molecule has 212 valence electrons. The van der Waals surface area contributed by atoms with E-state index in [9.17, 15) is 39.7 Å². The second-order valence-electron chi connectivity index (χ2n) is 8.69. The maximum atomic E-state index is 14.0. The molecule has 0 aliphatic carbocycles. The summed E-state index contributed by atoms with van der Waals surface area (Å²) in [6.07, 6.45) is -6.05. The van der Waals surface area contributed by atoms with E-state index >= 15 is 0 Å². The van der Waals surface area contributed by atoms with Crippen LogP contribution >= 0.6 is 0 Å². The summed E-state index contributed by atoms with van der Waals surface area (Å²) in [4.78, 5) is 20.1. The minimum absolute atomic E-state index is 0.0145. The Morgan fingerprint density at radius 2 is 1.69 bits per heavy atom. The molecule has 0 saturated heterocycles. The number of aromatic nitrogens is 2. The maximum absolute atomic E-state index is 14.0. The molecule has 0 bridgehead atoms. The smallest absolute Gasteiger partial charge is 0.406 e. The number of hydrogen-bond donors (Lipinski definition) is 1. The number of halogens is 7. The van der Waals surface area contributed by atoms with E-state index in [-0.39, 0.29) is 17.3 Å². The van der Waals surface area contributed by atoms with Crippen LogP contribution in [0, 0.1) is 12.7 Å². The highest BCUT2D eigenvalue weighted by Crippen LogP contribution is 2.34. The van der Waals surface area contributed by atoms with E-state index in [1.54, 1.807) is 19.1 Å². The van der Waals surface area contributed by atoms with Crippen LogP contribution in [0.2, 0.25) is 0 Å². The molecule has 0 fully saturated rings. The number of ether oxygens (including phenoxy) is 1. The highest BCUT2D eigenvalue weighted by molar-refractivity contribution is 7.92. The van der Waals surface area contributed by atoms with E-state index in [1.807, 2.05) is 0 Å². The zero-order chi connectivity index (χ0) is 29.2. The SMILES string of the molecule is Cc1cc(N=S(C)(C)=O)cc2ncnc(Nc3ccc(F)cc3OCC(=O)N(CC(F)(F)F)CC(F)(F)F)c12. The Balaban J connectivity index is 1.90. The summed E-state index contributed by atoms with van der Waals surface area (Å²) in [5, 5.41) is 3.35. The summed E-state index contributed by atoms with van der Waals surface area (Å²) >= 11 is 0. The number of alkyl halides is 6. The number of hydrogen-bond acceptors (Lipinski definition) is 7. The summed E-state index contributed by atoms with van der Waals surface area (Å²) in [5.74, 6) is -2.63. The lowest BCUT2D eigenvalue weighted by atomic mass is 10.1. The topological polar surface area (TPSA) is 96.8 Å². The van der Waals surface area contributed by atoms with Gasteiger partial charge in [0.05, 0.1) is 16.9 Å². The number of benzene rings is 2. The van der Waals surface area contributed by atoms with Gasteiger partial charge in [-0.15, -0.1) is 0 Å². The van der Waals surface area contributed by atoms with Crippen LogP contribution in [-0.2, 0) is 14.5 Å². The predicted octanol–water partition coefficient (Wildman–Crippen LogP) is 5.51.